The van der Waals surface area contributed by atoms with Gasteiger partial charge < -0.3 is 10.6 Å². The Labute approximate surface area is 139 Å². The highest BCUT2D eigenvalue weighted by molar-refractivity contribution is 7.12. The molecule has 0 aliphatic heterocycles. The van der Waals surface area contributed by atoms with E-state index in [1.807, 2.05) is 41.8 Å². The molecule has 0 aliphatic carbocycles. The Balaban J connectivity index is 1.57. The Morgan fingerprint density at radius 3 is 2.61 bits per heavy atom. The summed E-state index contributed by atoms with van der Waals surface area (Å²) in [6.45, 7) is 0.815. The Kier molecular flexibility index (Phi) is 6.89. The van der Waals surface area contributed by atoms with Gasteiger partial charge in [0, 0.05) is 18.5 Å². The third kappa shape index (κ3) is 6.37. The monoisotopic (exact) mass is 326 g/mol. The highest BCUT2D eigenvalue weighted by atomic mass is 32.1. The number of carbonyl (C=O) groups is 2. The number of benzene rings is 1. The minimum absolute atomic E-state index is 0.0577. The van der Waals surface area contributed by atoms with Crippen LogP contribution in [0.3, 0.4) is 0 Å². The molecule has 118 valence electrons. The molecule has 0 spiro atoms. The molecule has 2 aromatic rings. The first-order valence-corrected chi connectivity index (χ1v) is 8.26. The van der Waals surface area contributed by atoms with Crippen molar-refractivity contribution < 1.29 is 9.59 Å². The van der Waals surface area contributed by atoms with E-state index >= 15 is 0 Å². The predicted octanol–water partition coefficient (Wildman–Crippen LogP) is 2.43. The largest absolute Gasteiger partial charge is 0.351 e. The summed E-state index contributed by atoms with van der Waals surface area (Å²) in [5, 5.41) is 7.40. The van der Waals surface area contributed by atoms with Crippen LogP contribution < -0.4 is 10.6 Å². The Morgan fingerprint density at radius 2 is 1.87 bits per heavy atom. The molecule has 2 amide bonds. The first-order valence-electron chi connectivity index (χ1n) is 7.38. The van der Waals surface area contributed by atoms with E-state index in [0.29, 0.717) is 30.8 Å². The maximum atomic E-state index is 11.7. The molecule has 0 atom stereocenters. The average Bonchev–Trinajstić information content (AvgIpc) is 3.11. The number of nitrogens with one attached hydrogen (secondary N) is 2. The Morgan fingerprint density at radius 1 is 1.04 bits per heavy atom. The molecule has 2 rings (SSSR count). The fraction of sp³-hybridized carbons (Fsp3) is 0.222. The highest BCUT2D eigenvalue weighted by Gasteiger charge is 2.05. The highest BCUT2D eigenvalue weighted by Crippen LogP contribution is 2.07. The van der Waals surface area contributed by atoms with Crippen molar-refractivity contribution >= 4 is 23.2 Å². The van der Waals surface area contributed by atoms with Crippen LogP contribution in [0.1, 0.15) is 28.1 Å². The maximum Gasteiger partial charge on any atom is 0.261 e. The SMILES string of the molecule is O=C(CCCNC(=O)c1cccs1)NCC#Cc1ccccc1. The molecule has 0 bridgehead atoms. The van der Waals surface area contributed by atoms with E-state index in [-0.39, 0.29) is 11.8 Å². The number of carbonyl (C=O) groups excluding carboxylic acids is 2. The summed E-state index contributed by atoms with van der Waals surface area (Å²) < 4.78 is 0. The van der Waals surface area contributed by atoms with Crippen LogP contribution in [0.15, 0.2) is 47.8 Å². The van der Waals surface area contributed by atoms with Crippen molar-refractivity contribution in [2.75, 3.05) is 13.1 Å². The molecule has 2 N–H and O–H groups in total. The van der Waals surface area contributed by atoms with Gasteiger partial charge in [-0.15, -0.1) is 11.3 Å². The van der Waals surface area contributed by atoms with Gasteiger partial charge in [-0.2, -0.15) is 0 Å². The van der Waals surface area contributed by atoms with E-state index in [9.17, 15) is 9.59 Å². The van der Waals surface area contributed by atoms with Gasteiger partial charge in [-0.3, -0.25) is 9.59 Å². The van der Waals surface area contributed by atoms with Gasteiger partial charge in [0.15, 0.2) is 0 Å². The van der Waals surface area contributed by atoms with Crippen molar-refractivity contribution in [3.05, 3.63) is 58.3 Å². The summed E-state index contributed by atoms with van der Waals surface area (Å²) in [6, 6.07) is 13.2. The van der Waals surface area contributed by atoms with Crippen LogP contribution in [0.2, 0.25) is 0 Å². The first kappa shape index (κ1) is 16.8. The number of hydrogen-bond donors (Lipinski definition) is 2. The third-order valence-electron chi connectivity index (χ3n) is 2.99. The third-order valence-corrected chi connectivity index (χ3v) is 3.86. The molecule has 0 aliphatic rings. The Hall–Kier alpha value is -2.58. The second-order valence-electron chi connectivity index (χ2n) is 4.78. The van der Waals surface area contributed by atoms with E-state index in [4.69, 9.17) is 0 Å². The average molecular weight is 326 g/mol. The lowest BCUT2D eigenvalue weighted by molar-refractivity contribution is -0.120. The molecule has 1 heterocycles. The summed E-state index contributed by atoms with van der Waals surface area (Å²) >= 11 is 1.40. The van der Waals surface area contributed by atoms with Gasteiger partial charge >= 0.3 is 0 Å². The fourth-order valence-corrected chi connectivity index (χ4v) is 2.48. The number of thiophene rings is 1. The molecule has 5 heteroatoms. The summed E-state index contributed by atoms with van der Waals surface area (Å²) in [5.74, 6) is 5.74. The molecular formula is C18H18N2O2S. The molecule has 0 saturated heterocycles. The summed E-state index contributed by atoms with van der Waals surface area (Å²) in [6.07, 6.45) is 0.979. The minimum Gasteiger partial charge on any atom is -0.351 e. The predicted molar refractivity (Wildman–Crippen MR) is 92.2 cm³/mol. The lowest BCUT2D eigenvalue weighted by atomic mass is 10.2. The van der Waals surface area contributed by atoms with Crippen LogP contribution in [0, 0.1) is 11.8 Å². The molecule has 1 aromatic heterocycles. The van der Waals surface area contributed by atoms with Gasteiger partial charge in [-0.1, -0.05) is 36.1 Å². The van der Waals surface area contributed by atoms with Crippen LogP contribution in [-0.4, -0.2) is 24.9 Å². The zero-order valence-electron chi connectivity index (χ0n) is 12.7. The lowest BCUT2D eigenvalue weighted by Crippen LogP contribution is -2.27. The van der Waals surface area contributed by atoms with E-state index < -0.39 is 0 Å². The van der Waals surface area contributed by atoms with Crippen molar-refractivity contribution in [2.45, 2.75) is 12.8 Å². The number of amides is 2. The molecule has 0 unspecified atom stereocenters. The van der Waals surface area contributed by atoms with Crippen molar-refractivity contribution in [3.63, 3.8) is 0 Å². The van der Waals surface area contributed by atoms with E-state index in [1.165, 1.54) is 11.3 Å². The maximum absolute atomic E-state index is 11.7. The first-order chi connectivity index (χ1) is 11.3. The van der Waals surface area contributed by atoms with Crippen molar-refractivity contribution in [1.29, 1.82) is 0 Å². The zero-order chi connectivity index (χ0) is 16.3. The number of rotatable bonds is 6. The van der Waals surface area contributed by atoms with Crippen LogP contribution in [0.5, 0.6) is 0 Å². The van der Waals surface area contributed by atoms with Crippen molar-refractivity contribution in [2.24, 2.45) is 0 Å². The normalized spacial score (nSPS) is 9.57. The molecule has 1 aromatic carbocycles. The molecular weight excluding hydrogens is 308 g/mol. The van der Waals surface area contributed by atoms with Crippen LogP contribution in [0.4, 0.5) is 0 Å². The smallest absolute Gasteiger partial charge is 0.261 e. The van der Waals surface area contributed by atoms with Gasteiger partial charge in [0.1, 0.15) is 0 Å². The second-order valence-corrected chi connectivity index (χ2v) is 5.73. The fourth-order valence-electron chi connectivity index (χ4n) is 1.84. The topological polar surface area (TPSA) is 58.2 Å². The second kappa shape index (κ2) is 9.44. The quantitative estimate of drug-likeness (QED) is 0.633. The standard InChI is InChI=1S/C18H18N2O2S/c21-17(19-12-4-9-15-7-2-1-3-8-15)11-5-13-20-18(22)16-10-6-14-23-16/h1-3,6-8,10,14H,5,11-13H2,(H,19,21)(H,20,22). The van der Waals surface area contributed by atoms with Crippen molar-refractivity contribution in [3.8, 4) is 11.8 Å². The molecule has 0 saturated carbocycles. The minimum atomic E-state index is -0.0888. The molecule has 4 nitrogen and oxygen atoms in total. The van der Waals surface area contributed by atoms with Crippen LogP contribution >= 0.6 is 11.3 Å². The van der Waals surface area contributed by atoms with E-state index in [1.54, 1.807) is 6.07 Å². The Bertz CT molecular complexity index is 685. The van der Waals surface area contributed by atoms with Gasteiger partial charge in [0.05, 0.1) is 11.4 Å². The van der Waals surface area contributed by atoms with Crippen molar-refractivity contribution in [1.82, 2.24) is 10.6 Å². The van der Waals surface area contributed by atoms with Gasteiger partial charge in [0.2, 0.25) is 5.91 Å². The lowest BCUT2D eigenvalue weighted by Gasteiger charge is -2.03. The summed E-state index contributed by atoms with van der Waals surface area (Å²) in [4.78, 5) is 24.0. The van der Waals surface area contributed by atoms with Gasteiger partial charge in [-0.05, 0) is 30.0 Å². The van der Waals surface area contributed by atoms with Gasteiger partial charge in [0.25, 0.3) is 5.91 Å². The van der Waals surface area contributed by atoms with E-state index in [0.717, 1.165) is 5.56 Å². The summed E-state index contributed by atoms with van der Waals surface area (Å²) in [5.41, 5.74) is 0.929. The molecule has 0 radical (unpaired) electrons. The molecule has 0 fully saturated rings. The van der Waals surface area contributed by atoms with E-state index in [2.05, 4.69) is 22.5 Å². The van der Waals surface area contributed by atoms with Crippen LogP contribution in [-0.2, 0) is 4.79 Å². The summed E-state index contributed by atoms with van der Waals surface area (Å²) in [7, 11) is 0. The number of hydrogen-bond acceptors (Lipinski definition) is 3. The van der Waals surface area contributed by atoms with Gasteiger partial charge in [-0.25, -0.2) is 0 Å². The molecule has 23 heavy (non-hydrogen) atoms. The zero-order valence-corrected chi connectivity index (χ0v) is 13.5. The van der Waals surface area contributed by atoms with Crippen LogP contribution in [0.25, 0.3) is 0 Å².